The predicted molar refractivity (Wildman–Crippen MR) is 102 cm³/mol. The van der Waals surface area contributed by atoms with Gasteiger partial charge in [-0.15, -0.1) is 0 Å². The molecule has 1 heterocycles. The van der Waals surface area contributed by atoms with Gasteiger partial charge in [-0.1, -0.05) is 47.7 Å². The monoisotopic (exact) mass is 355 g/mol. The molecule has 0 radical (unpaired) electrons. The van der Waals surface area contributed by atoms with Crippen molar-refractivity contribution < 1.29 is 9.53 Å². The molecule has 25 heavy (non-hydrogen) atoms. The van der Waals surface area contributed by atoms with Gasteiger partial charge in [-0.3, -0.25) is 4.79 Å². The number of ether oxygens (including phenoxy) is 1. The zero-order valence-electron chi connectivity index (χ0n) is 14.5. The number of nitrogens with zero attached hydrogens (tertiary/aromatic N) is 2. The van der Waals surface area contributed by atoms with Gasteiger partial charge in [0.1, 0.15) is 11.3 Å². The molecule has 6 heteroatoms. The minimum absolute atomic E-state index is 0.0300. The highest BCUT2D eigenvalue weighted by Gasteiger charge is 2.15. The Morgan fingerprint density at radius 1 is 1.24 bits per heavy atom. The number of fused-ring (bicyclic) bond motifs is 1. The van der Waals surface area contributed by atoms with Crippen LogP contribution in [-0.2, 0) is 4.79 Å². The Morgan fingerprint density at radius 3 is 2.72 bits per heavy atom. The molecule has 0 bridgehead atoms. The van der Waals surface area contributed by atoms with Crippen LogP contribution >= 0.6 is 11.3 Å². The van der Waals surface area contributed by atoms with Gasteiger partial charge in [-0.25, -0.2) is 4.98 Å². The average molecular weight is 355 g/mol. The summed E-state index contributed by atoms with van der Waals surface area (Å²) in [4.78, 5) is 18.8. The van der Waals surface area contributed by atoms with Crippen molar-refractivity contribution in [2.75, 3.05) is 25.6 Å². The highest BCUT2D eigenvalue weighted by molar-refractivity contribution is 7.22. The van der Waals surface area contributed by atoms with Gasteiger partial charge in [0.05, 0.1) is 24.4 Å². The van der Waals surface area contributed by atoms with E-state index in [0.717, 1.165) is 26.7 Å². The van der Waals surface area contributed by atoms with Crippen molar-refractivity contribution in [3.05, 3.63) is 54.1 Å². The molecule has 0 aliphatic rings. The van der Waals surface area contributed by atoms with Crippen LogP contribution in [0.4, 0.5) is 5.13 Å². The van der Waals surface area contributed by atoms with Crippen LogP contribution in [0.15, 0.2) is 48.5 Å². The Balaban J connectivity index is 1.67. The highest BCUT2D eigenvalue weighted by atomic mass is 32.1. The van der Waals surface area contributed by atoms with E-state index in [2.05, 4.69) is 10.3 Å². The zero-order chi connectivity index (χ0) is 17.8. The first kappa shape index (κ1) is 17.2. The average Bonchev–Trinajstić information content (AvgIpc) is 3.06. The maximum absolute atomic E-state index is 12.3. The molecule has 0 fully saturated rings. The summed E-state index contributed by atoms with van der Waals surface area (Å²) in [5.41, 5.74) is 1.91. The van der Waals surface area contributed by atoms with Crippen molar-refractivity contribution in [3.63, 3.8) is 0 Å². The van der Waals surface area contributed by atoms with Gasteiger partial charge in [0.2, 0.25) is 5.91 Å². The van der Waals surface area contributed by atoms with Crippen LogP contribution in [0.5, 0.6) is 5.75 Å². The SMILES string of the molecule is COc1cccc2sc(N(C)CC(=O)N[C@H](C)c3ccccc3)nc12. The predicted octanol–water partition coefficient (Wildman–Crippen LogP) is 3.62. The summed E-state index contributed by atoms with van der Waals surface area (Å²) in [5.74, 6) is 0.709. The minimum atomic E-state index is -0.0370. The van der Waals surface area contributed by atoms with Crippen molar-refractivity contribution >= 4 is 32.6 Å². The molecular weight excluding hydrogens is 334 g/mol. The Morgan fingerprint density at radius 2 is 2.00 bits per heavy atom. The summed E-state index contributed by atoms with van der Waals surface area (Å²) in [6.07, 6.45) is 0. The molecule has 1 amide bonds. The maximum atomic E-state index is 12.3. The summed E-state index contributed by atoms with van der Waals surface area (Å²) in [7, 11) is 3.51. The van der Waals surface area contributed by atoms with Gasteiger partial charge in [-0.2, -0.15) is 0 Å². The van der Waals surface area contributed by atoms with Gasteiger partial charge in [0, 0.05) is 7.05 Å². The first-order valence-corrected chi connectivity index (χ1v) is 8.89. The number of thiazole rings is 1. The fraction of sp³-hybridized carbons (Fsp3) is 0.263. The van der Waals surface area contributed by atoms with Gasteiger partial charge in [-0.05, 0) is 24.6 Å². The van der Waals surface area contributed by atoms with Gasteiger partial charge < -0.3 is 15.0 Å². The molecule has 0 spiro atoms. The standard InChI is InChI=1S/C19H21N3O2S/c1-13(14-8-5-4-6-9-14)20-17(23)12-22(2)19-21-18-15(24-3)10-7-11-16(18)25-19/h4-11,13H,12H2,1-3H3,(H,20,23)/t13-/m1/s1. The Hall–Kier alpha value is -2.60. The summed E-state index contributed by atoms with van der Waals surface area (Å²) in [6.45, 7) is 2.23. The topological polar surface area (TPSA) is 54.5 Å². The van der Waals surface area contributed by atoms with Crippen LogP contribution in [0.25, 0.3) is 10.2 Å². The normalized spacial score (nSPS) is 12.0. The van der Waals surface area contributed by atoms with Crippen LogP contribution in [0.1, 0.15) is 18.5 Å². The summed E-state index contributed by atoms with van der Waals surface area (Å²) >= 11 is 1.55. The lowest BCUT2D eigenvalue weighted by Crippen LogP contribution is -2.36. The van der Waals surface area contributed by atoms with Crippen LogP contribution < -0.4 is 15.0 Å². The zero-order valence-corrected chi connectivity index (χ0v) is 15.3. The maximum Gasteiger partial charge on any atom is 0.240 e. The third kappa shape index (κ3) is 3.91. The van der Waals surface area contributed by atoms with Crippen LogP contribution in [0.3, 0.4) is 0 Å². The molecule has 0 aliphatic heterocycles. The first-order valence-electron chi connectivity index (χ1n) is 8.07. The smallest absolute Gasteiger partial charge is 0.240 e. The molecule has 3 aromatic rings. The molecule has 0 aliphatic carbocycles. The molecule has 1 aromatic heterocycles. The second-order valence-corrected chi connectivity index (χ2v) is 6.87. The number of hydrogen-bond acceptors (Lipinski definition) is 5. The molecule has 130 valence electrons. The fourth-order valence-corrected chi connectivity index (χ4v) is 3.58. The summed E-state index contributed by atoms with van der Waals surface area (Å²) in [5, 5.41) is 3.82. The first-order chi connectivity index (χ1) is 12.1. The van der Waals surface area contributed by atoms with Gasteiger partial charge in [0.25, 0.3) is 0 Å². The van der Waals surface area contributed by atoms with Crippen molar-refractivity contribution in [2.24, 2.45) is 0 Å². The molecule has 3 rings (SSSR count). The van der Waals surface area contributed by atoms with E-state index in [1.165, 1.54) is 0 Å². The van der Waals surface area contributed by atoms with Crippen LogP contribution in [-0.4, -0.2) is 31.6 Å². The van der Waals surface area contributed by atoms with Gasteiger partial charge >= 0.3 is 0 Å². The molecule has 0 unspecified atom stereocenters. The highest BCUT2D eigenvalue weighted by Crippen LogP contribution is 2.33. The lowest BCUT2D eigenvalue weighted by atomic mass is 10.1. The van der Waals surface area contributed by atoms with E-state index in [4.69, 9.17) is 4.74 Å². The number of likely N-dealkylation sites (N-methyl/N-ethyl adjacent to an activating group) is 1. The third-order valence-corrected chi connectivity index (χ3v) is 5.11. The summed E-state index contributed by atoms with van der Waals surface area (Å²) < 4.78 is 6.39. The Labute approximate surface area is 151 Å². The number of anilines is 1. The van der Waals surface area contributed by atoms with E-state index < -0.39 is 0 Å². The van der Waals surface area contributed by atoms with E-state index in [1.807, 2.05) is 67.4 Å². The van der Waals surface area contributed by atoms with Crippen LogP contribution in [0, 0.1) is 0 Å². The third-order valence-electron chi connectivity index (χ3n) is 3.97. The Kier molecular flexibility index (Phi) is 5.19. The second-order valence-electron chi connectivity index (χ2n) is 5.86. The molecule has 5 nitrogen and oxygen atoms in total. The summed E-state index contributed by atoms with van der Waals surface area (Å²) in [6, 6.07) is 15.7. The molecule has 1 atom stereocenters. The number of para-hydroxylation sites is 1. The van der Waals surface area contributed by atoms with Crippen molar-refractivity contribution in [2.45, 2.75) is 13.0 Å². The molecule has 0 saturated heterocycles. The van der Waals surface area contributed by atoms with Crippen molar-refractivity contribution in [3.8, 4) is 5.75 Å². The Bertz CT molecular complexity index is 863. The van der Waals surface area contributed by atoms with E-state index in [0.29, 0.717) is 0 Å². The lowest BCUT2D eigenvalue weighted by Gasteiger charge is -2.18. The second kappa shape index (κ2) is 7.53. The number of carbonyl (C=O) groups is 1. The lowest BCUT2D eigenvalue weighted by molar-refractivity contribution is -0.120. The number of nitrogens with one attached hydrogen (secondary N) is 1. The van der Waals surface area contributed by atoms with E-state index in [9.17, 15) is 4.79 Å². The number of hydrogen-bond donors (Lipinski definition) is 1. The van der Waals surface area contributed by atoms with E-state index >= 15 is 0 Å². The molecule has 2 aromatic carbocycles. The number of rotatable bonds is 6. The number of amides is 1. The van der Waals surface area contributed by atoms with Crippen molar-refractivity contribution in [1.82, 2.24) is 10.3 Å². The van der Waals surface area contributed by atoms with Crippen molar-refractivity contribution in [1.29, 1.82) is 0 Å². The van der Waals surface area contributed by atoms with E-state index in [1.54, 1.807) is 18.4 Å². The molecule has 1 N–H and O–H groups in total. The number of benzene rings is 2. The fourth-order valence-electron chi connectivity index (χ4n) is 2.63. The van der Waals surface area contributed by atoms with E-state index in [-0.39, 0.29) is 18.5 Å². The molecule has 0 saturated carbocycles. The number of methoxy groups -OCH3 is 1. The quantitative estimate of drug-likeness (QED) is 0.734. The van der Waals surface area contributed by atoms with Gasteiger partial charge in [0.15, 0.2) is 5.13 Å². The molecular formula is C19H21N3O2S. The minimum Gasteiger partial charge on any atom is -0.494 e. The largest absolute Gasteiger partial charge is 0.494 e. The number of carbonyl (C=O) groups excluding carboxylic acids is 1. The van der Waals surface area contributed by atoms with Crippen LogP contribution in [0.2, 0.25) is 0 Å². The number of aromatic nitrogens is 1.